The number of halogens is 3. The Bertz CT molecular complexity index is 326. The highest BCUT2D eigenvalue weighted by Gasteiger charge is 2.22. The van der Waals surface area contributed by atoms with E-state index in [2.05, 4.69) is 20.9 Å². The van der Waals surface area contributed by atoms with Crippen LogP contribution in [0.15, 0.2) is 12.3 Å². The molecule has 0 radical (unpaired) electrons. The Hall–Kier alpha value is -0.230. The molecule has 2 N–H and O–H groups in total. The van der Waals surface area contributed by atoms with Crippen LogP contribution in [0.4, 0.5) is 4.39 Å². The highest BCUT2D eigenvalue weighted by molar-refractivity contribution is 9.09. The van der Waals surface area contributed by atoms with Crippen LogP contribution in [0, 0.1) is 5.82 Å². The van der Waals surface area contributed by atoms with Crippen LogP contribution in [0.5, 0.6) is 0 Å². The first-order chi connectivity index (χ1) is 6.56. The van der Waals surface area contributed by atoms with Gasteiger partial charge in [-0.05, 0) is 6.07 Å². The maximum absolute atomic E-state index is 13.2. The number of pyridine rings is 1. The van der Waals surface area contributed by atoms with E-state index in [0.717, 1.165) is 6.07 Å². The van der Waals surface area contributed by atoms with E-state index in [4.69, 9.17) is 11.6 Å². The number of hydrogen-bond acceptors (Lipinski definition) is 3. The van der Waals surface area contributed by atoms with E-state index < -0.39 is 18.0 Å². The van der Waals surface area contributed by atoms with Gasteiger partial charge in [-0.2, -0.15) is 0 Å². The zero-order chi connectivity index (χ0) is 10.7. The monoisotopic (exact) mass is 283 g/mol. The summed E-state index contributed by atoms with van der Waals surface area (Å²) >= 11 is 8.44. The molecule has 1 aromatic rings. The third-order valence-corrected chi connectivity index (χ3v) is 2.51. The van der Waals surface area contributed by atoms with Crippen molar-refractivity contribution in [3.63, 3.8) is 0 Å². The molecule has 1 aromatic heterocycles. The van der Waals surface area contributed by atoms with E-state index in [1.54, 1.807) is 0 Å². The molecule has 78 valence electrons. The van der Waals surface area contributed by atoms with Crippen molar-refractivity contribution in [1.82, 2.24) is 4.98 Å². The second-order valence-corrected chi connectivity index (χ2v) is 3.77. The smallest absolute Gasteiger partial charge is 0.148 e. The number of aliphatic hydroxyl groups is 2. The quantitative estimate of drug-likeness (QED) is 0.830. The molecule has 1 rings (SSSR count). The molecule has 1 heterocycles. The summed E-state index contributed by atoms with van der Waals surface area (Å²) in [6.45, 7) is 0. The molecule has 0 aliphatic rings. The topological polar surface area (TPSA) is 53.4 Å². The zero-order valence-corrected chi connectivity index (χ0v) is 9.33. The summed E-state index contributed by atoms with van der Waals surface area (Å²) < 4.78 is 13.2. The molecule has 2 atom stereocenters. The SMILES string of the molecule is OC(CBr)C(O)c1ncc(Cl)cc1F. The number of alkyl halides is 1. The van der Waals surface area contributed by atoms with Gasteiger partial charge in [0.05, 0.1) is 11.1 Å². The second kappa shape index (κ2) is 5.02. The lowest BCUT2D eigenvalue weighted by Gasteiger charge is -2.15. The van der Waals surface area contributed by atoms with Crippen molar-refractivity contribution in [2.45, 2.75) is 12.2 Å². The molecule has 0 amide bonds. The van der Waals surface area contributed by atoms with Gasteiger partial charge in [-0.25, -0.2) is 4.39 Å². The van der Waals surface area contributed by atoms with Gasteiger partial charge in [-0.3, -0.25) is 4.98 Å². The van der Waals surface area contributed by atoms with Crippen molar-refractivity contribution >= 4 is 27.5 Å². The maximum Gasteiger partial charge on any atom is 0.148 e. The van der Waals surface area contributed by atoms with Crippen LogP contribution in [0.2, 0.25) is 5.02 Å². The summed E-state index contributed by atoms with van der Waals surface area (Å²) in [5, 5.41) is 19.0. The Morgan fingerprint density at radius 2 is 2.21 bits per heavy atom. The van der Waals surface area contributed by atoms with Gasteiger partial charge in [-0.1, -0.05) is 27.5 Å². The first-order valence-corrected chi connectivity index (χ1v) is 5.29. The minimum atomic E-state index is -1.35. The van der Waals surface area contributed by atoms with Crippen molar-refractivity contribution in [1.29, 1.82) is 0 Å². The fourth-order valence-corrected chi connectivity index (χ4v) is 1.41. The van der Waals surface area contributed by atoms with E-state index in [1.807, 2.05) is 0 Å². The molecule has 0 bridgehead atoms. The average molecular weight is 285 g/mol. The van der Waals surface area contributed by atoms with Crippen molar-refractivity contribution in [2.75, 3.05) is 5.33 Å². The lowest BCUT2D eigenvalue weighted by Crippen LogP contribution is -2.21. The van der Waals surface area contributed by atoms with Crippen LogP contribution in [-0.2, 0) is 0 Å². The van der Waals surface area contributed by atoms with Crippen LogP contribution in [0.25, 0.3) is 0 Å². The van der Waals surface area contributed by atoms with Crippen LogP contribution < -0.4 is 0 Å². The lowest BCUT2D eigenvalue weighted by molar-refractivity contribution is 0.0290. The first-order valence-electron chi connectivity index (χ1n) is 3.79. The molecule has 0 saturated heterocycles. The third-order valence-electron chi connectivity index (χ3n) is 1.64. The summed E-state index contributed by atoms with van der Waals surface area (Å²) in [4.78, 5) is 3.61. The predicted octanol–water partition coefficient (Wildman–Crippen LogP) is 1.66. The van der Waals surface area contributed by atoms with Gasteiger partial charge in [0, 0.05) is 11.5 Å². The fraction of sp³-hybridized carbons (Fsp3) is 0.375. The first kappa shape index (κ1) is 11.8. The largest absolute Gasteiger partial charge is 0.389 e. The minimum Gasteiger partial charge on any atom is -0.389 e. The summed E-state index contributed by atoms with van der Waals surface area (Å²) in [6.07, 6.45) is -1.24. The van der Waals surface area contributed by atoms with E-state index in [1.165, 1.54) is 6.20 Å². The molecule has 0 fully saturated rings. The second-order valence-electron chi connectivity index (χ2n) is 2.69. The van der Waals surface area contributed by atoms with E-state index >= 15 is 0 Å². The molecule has 6 heteroatoms. The third kappa shape index (κ3) is 2.63. The van der Waals surface area contributed by atoms with Crippen molar-refractivity contribution in [3.8, 4) is 0 Å². The van der Waals surface area contributed by atoms with Crippen LogP contribution >= 0.6 is 27.5 Å². The Labute approximate surface area is 93.7 Å². The summed E-state index contributed by atoms with van der Waals surface area (Å²) in [6, 6.07) is 1.04. The minimum absolute atomic E-state index is 0.137. The van der Waals surface area contributed by atoms with Gasteiger partial charge in [0.25, 0.3) is 0 Å². The normalized spacial score (nSPS) is 15.2. The number of aromatic nitrogens is 1. The van der Waals surface area contributed by atoms with Gasteiger partial charge < -0.3 is 10.2 Å². The van der Waals surface area contributed by atoms with Gasteiger partial charge in [0.2, 0.25) is 0 Å². The van der Waals surface area contributed by atoms with E-state index in [-0.39, 0.29) is 16.0 Å². The fourth-order valence-electron chi connectivity index (χ4n) is 0.909. The molecular weight excluding hydrogens is 276 g/mol. The lowest BCUT2D eigenvalue weighted by atomic mass is 10.1. The molecule has 0 aliphatic heterocycles. The Morgan fingerprint density at radius 3 is 2.71 bits per heavy atom. The van der Waals surface area contributed by atoms with E-state index in [0.29, 0.717) is 0 Å². The average Bonchev–Trinajstić information content (AvgIpc) is 2.15. The number of hydrogen-bond donors (Lipinski definition) is 2. The standard InChI is InChI=1S/C8H8BrClFNO2/c9-2-6(13)8(14)7-5(11)1-4(10)3-12-7/h1,3,6,8,13-14H,2H2. The summed E-state index contributed by atoms with van der Waals surface area (Å²) in [5.41, 5.74) is -0.207. The molecule has 0 spiro atoms. The van der Waals surface area contributed by atoms with Crippen LogP contribution in [0.3, 0.4) is 0 Å². The van der Waals surface area contributed by atoms with Crippen LogP contribution in [-0.4, -0.2) is 26.6 Å². The van der Waals surface area contributed by atoms with E-state index in [9.17, 15) is 14.6 Å². The van der Waals surface area contributed by atoms with Gasteiger partial charge >= 0.3 is 0 Å². The molecular formula is C8H8BrClFNO2. The highest BCUT2D eigenvalue weighted by Crippen LogP contribution is 2.21. The molecule has 0 saturated carbocycles. The Morgan fingerprint density at radius 1 is 1.57 bits per heavy atom. The molecule has 0 aromatic carbocycles. The van der Waals surface area contributed by atoms with Gasteiger partial charge in [0.15, 0.2) is 0 Å². The number of aliphatic hydroxyl groups excluding tert-OH is 2. The summed E-state index contributed by atoms with van der Waals surface area (Å²) in [7, 11) is 0. The van der Waals surface area contributed by atoms with Gasteiger partial charge in [0.1, 0.15) is 17.6 Å². The Kier molecular flexibility index (Phi) is 4.25. The van der Waals surface area contributed by atoms with Crippen molar-refractivity contribution in [3.05, 3.63) is 28.8 Å². The van der Waals surface area contributed by atoms with Crippen molar-refractivity contribution in [2.24, 2.45) is 0 Å². The number of nitrogens with zero attached hydrogens (tertiary/aromatic N) is 1. The molecule has 14 heavy (non-hydrogen) atoms. The molecule has 0 aliphatic carbocycles. The Balaban J connectivity index is 2.95. The zero-order valence-electron chi connectivity index (χ0n) is 6.99. The van der Waals surface area contributed by atoms with Gasteiger partial charge in [-0.15, -0.1) is 0 Å². The maximum atomic E-state index is 13.2. The predicted molar refractivity (Wildman–Crippen MR) is 54.0 cm³/mol. The molecule has 2 unspecified atom stereocenters. The summed E-state index contributed by atoms with van der Waals surface area (Å²) in [5.74, 6) is -0.731. The molecule has 3 nitrogen and oxygen atoms in total. The highest BCUT2D eigenvalue weighted by atomic mass is 79.9. The number of rotatable bonds is 3. The van der Waals surface area contributed by atoms with Crippen molar-refractivity contribution < 1.29 is 14.6 Å². The van der Waals surface area contributed by atoms with Crippen LogP contribution in [0.1, 0.15) is 11.8 Å².